The Balaban J connectivity index is 1.76. The van der Waals surface area contributed by atoms with Gasteiger partial charge in [0.2, 0.25) is 5.91 Å². The molecule has 0 bridgehead atoms. The third kappa shape index (κ3) is 6.38. The molecule has 0 spiro atoms. The molecule has 8 heteroatoms. The average Bonchev–Trinajstić information content (AvgIpc) is 2.62. The highest BCUT2D eigenvalue weighted by atomic mass is 35.5. The van der Waals surface area contributed by atoms with Gasteiger partial charge in [-0.2, -0.15) is 0 Å². The van der Waals surface area contributed by atoms with E-state index in [-0.39, 0.29) is 18.0 Å². The summed E-state index contributed by atoms with van der Waals surface area (Å²) in [5.74, 6) is 0.613. The number of piperidine rings is 1. The molecule has 3 amide bonds. The van der Waals surface area contributed by atoms with E-state index >= 15 is 0 Å². The van der Waals surface area contributed by atoms with E-state index in [0.29, 0.717) is 29.5 Å². The Morgan fingerprint density at radius 3 is 2.69 bits per heavy atom. The number of carbonyl (C=O) groups is 2. The third-order valence-electron chi connectivity index (χ3n) is 4.27. The Kier molecular flexibility index (Phi) is 8.00. The van der Waals surface area contributed by atoms with Crippen molar-refractivity contribution in [3.63, 3.8) is 0 Å². The Bertz CT molecular complexity index is 618. The fraction of sp³-hybridized carbons (Fsp3) is 0.556. The smallest absolute Gasteiger partial charge is 0.319 e. The molecule has 1 saturated heterocycles. The molecule has 2 rings (SSSR count). The van der Waals surface area contributed by atoms with Crippen LogP contribution in [0.2, 0.25) is 5.02 Å². The van der Waals surface area contributed by atoms with E-state index in [0.717, 1.165) is 32.4 Å². The van der Waals surface area contributed by atoms with Crippen molar-refractivity contribution in [3.05, 3.63) is 23.2 Å². The molecule has 7 nitrogen and oxygen atoms in total. The highest BCUT2D eigenvalue weighted by Crippen LogP contribution is 2.27. The minimum Gasteiger partial charge on any atom is -0.495 e. The molecule has 0 aromatic heterocycles. The van der Waals surface area contributed by atoms with E-state index in [2.05, 4.69) is 20.9 Å². The summed E-state index contributed by atoms with van der Waals surface area (Å²) in [4.78, 5) is 26.1. The first-order valence-corrected chi connectivity index (χ1v) is 9.29. The van der Waals surface area contributed by atoms with Gasteiger partial charge in [-0.15, -0.1) is 0 Å². The molecule has 144 valence electrons. The number of urea groups is 1. The van der Waals surface area contributed by atoms with Crippen molar-refractivity contribution in [2.24, 2.45) is 0 Å². The molecule has 1 aliphatic rings. The molecule has 0 saturated carbocycles. The van der Waals surface area contributed by atoms with Gasteiger partial charge in [-0.3, -0.25) is 9.69 Å². The number of hydrogen-bond acceptors (Lipinski definition) is 4. The maximum absolute atomic E-state index is 12.2. The molecule has 1 aliphatic heterocycles. The van der Waals surface area contributed by atoms with Gasteiger partial charge < -0.3 is 20.7 Å². The number of ether oxygens (including phenoxy) is 1. The summed E-state index contributed by atoms with van der Waals surface area (Å²) in [6.45, 7) is 4.72. The lowest BCUT2D eigenvalue weighted by atomic mass is 10.1. The molecule has 0 aliphatic carbocycles. The molecule has 0 radical (unpaired) electrons. The number of nitrogens with one attached hydrogen (secondary N) is 3. The Hall–Kier alpha value is -1.99. The first-order valence-electron chi connectivity index (χ1n) is 8.92. The Morgan fingerprint density at radius 2 is 2.04 bits per heavy atom. The number of methoxy groups -OCH3 is 1. The van der Waals surface area contributed by atoms with Gasteiger partial charge in [0.25, 0.3) is 0 Å². The van der Waals surface area contributed by atoms with Crippen LogP contribution in [0, 0.1) is 0 Å². The summed E-state index contributed by atoms with van der Waals surface area (Å²) in [6.07, 6.45) is 2.55. The van der Waals surface area contributed by atoms with Gasteiger partial charge in [0, 0.05) is 30.7 Å². The van der Waals surface area contributed by atoms with Crippen molar-refractivity contribution in [1.29, 1.82) is 0 Å². The molecular formula is C18H27ClN4O3. The largest absolute Gasteiger partial charge is 0.495 e. The van der Waals surface area contributed by atoms with E-state index in [1.807, 2.05) is 6.92 Å². The fourth-order valence-electron chi connectivity index (χ4n) is 2.88. The van der Waals surface area contributed by atoms with Gasteiger partial charge in [0.05, 0.1) is 19.3 Å². The number of anilines is 1. The van der Waals surface area contributed by atoms with E-state index in [9.17, 15) is 9.59 Å². The van der Waals surface area contributed by atoms with E-state index in [1.54, 1.807) is 25.3 Å². The number of rotatable bonds is 7. The second-order valence-electron chi connectivity index (χ2n) is 6.34. The number of benzene rings is 1. The predicted octanol–water partition coefficient (Wildman–Crippen LogP) is 2.46. The molecule has 0 unspecified atom stereocenters. The monoisotopic (exact) mass is 382 g/mol. The normalized spacial score (nSPS) is 15.3. The average molecular weight is 383 g/mol. The number of amides is 3. The van der Waals surface area contributed by atoms with Gasteiger partial charge in [-0.05, 0) is 37.5 Å². The minimum absolute atomic E-state index is 0.0593. The molecular weight excluding hydrogens is 356 g/mol. The zero-order chi connectivity index (χ0) is 18.9. The minimum atomic E-state index is -0.287. The highest BCUT2D eigenvalue weighted by Gasteiger charge is 2.22. The number of likely N-dealkylation sites (tertiary alicyclic amines) is 1. The fourth-order valence-corrected chi connectivity index (χ4v) is 3.05. The summed E-state index contributed by atoms with van der Waals surface area (Å²) in [7, 11) is 1.54. The van der Waals surface area contributed by atoms with E-state index in [4.69, 9.17) is 16.3 Å². The van der Waals surface area contributed by atoms with Gasteiger partial charge in [0.1, 0.15) is 5.75 Å². The summed E-state index contributed by atoms with van der Waals surface area (Å²) >= 11 is 5.97. The summed E-state index contributed by atoms with van der Waals surface area (Å²) in [5, 5.41) is 9.16. The molecule has 1 heterocycles. The molecule has 3 N–H and O–H groups in total. The Labute approximate surface area is 159 Å². The van der Waals surface area contributed by atoms with Crippen LogP contribution in [0.15, 0.2) is 18.2 Å². The number of carbonyl (C=O) groups excluding carboxylic acids is 2. The van der Waals surface area contributed by atoms with Crippen LogP contribution in [0.5, 0.6) is 5.75 Å². The van der Waals surface area contributed by atoms with Gasteiger partial charge in [-0.25, -0.2) is 4.79 Å². The lowest BCUT2D eigenvalue weighted by Crippen LogP contribution is -2.48. The van der Waals surface area contributed by atoms with Crippen LogP contribution in [-0.4, -0.2) is 56.2 Å². The van der Waals surface area contributed by atoms with E-state index in [1.165, 1.54) is 0 Å². The SMILES string of the molecule is CCCNC(=O)CN1CCC(NC(=O)Nc2cc(Cl)ccc2OC)CC1. The lowest BCUT2D eigenvalue weighted by molar-refractivity contribution is -0.122. The van der Waals surface area contributed by atoms with E-state index < -0.39 is 0 Å². The zero-order valence-electron chi connectivity index (χ0n) is 15.3. The highest BCUT2D eigenvalue weighted by molar-refractivity contribution is 6.31. The molecule has 1 aromatic carbocycles. The van der Waals surface area contributed by atoms with Crippen molar-refractivity contribution in [3.8, 4) is 5.75 Å². The molecule has 1 fully saturated rings. The van der Waals surface area contributed by atoms with Gasteiger partial charge in [-0.1, -0.05) is 18.5 Å². The second kappa shape index (κ2) is 10.2. The number of nitrogens with zero attached hydrogens (tertiary/aromatic N) is 1. The maximum Gasteiger partial charge on any atom is 0.319 e. The molecule has 26 heavy (non-hydrogen) atoms. The van der Waals surface area contributed by atoms with Crippen LogP contribution < -0.4 is 20.7 Å². The van der Waals surface area contributed by atoms with Crippen LogP contribution in [0.3, 0.4) is 0 Å². The zero-order valence-corrected chi connectivity index (χ0v) is 16.1. The lowest BCUT2D eigenvalue weighted by Gasteiger charge is -2.31. The maximum atomic E-state index is 12.2. The van der Waals surface area contributed by atoms with Crippen molar-refractivity contribution in [1.82, 2.24) is 15.5 Å². The van der Waals surface area contributed by atoms with Crippen LogP contribution in [0.4, 0.5) is 10.5 Å². The van der Waals surface area contributed by atoms with Gasteiger partial charge >= 0.3 is 6.03 Å². The van der Waals surface area contributed by atoms with Crippen molar-refractivity contribution >= 4 is 29.2 Å². The third-order valence-corrected chi connectivity index (χ3v) is 4.51. The number of hydrogen-bond donors (Lipinski definition) is 3. The quantitative estimate of drug-likeness (QED) is 0.676. The van der Waals surface area contributed by atoms with Crippen LogP contribution in [-0.2, 0) is 4.79 Å². The van der Waals surface area contributed by atoms with Crippen molar-refractivity contribution in [2.75, 3.05) is 38.6 Å². The summed E-state index contributed by atoms with van der Waals surface area (Å²) in [6, 6.07) is 4.85. The summed E-state index contributed by atoms with van der Waals surface area (Å²) in [5.41, 5.74) is 0.530. The number of halogens is 1. The van der Waals surface area contributed by atoms with Crippen molar-refractivity contribution < 1.29 is 14.3 Å². The first kappa shape index (κ1) is 20.3. The first-order chi connectivity index (χ1) is 12.5. The van der Waals surface area contributed by atoms with Crippen LogP contribution in [0.1, 0.15) is 26.2 Å². The summed E-state index contributed by atoms with van der Waals surface area (Å²) < 4.78 is 5.22. The second-order valence-corrected chi connectivity index (χ2v) is 6.78. The topological polar surface area (TPSA) is 82.7 Å². The molecule has 1 aromatic rings. The predicted molar refractivity (Wildman–Crippen MR) is 103 cm³/mol. The Morgan fingerprint density at radius 1 is 1.31 bits per heavy atom. The van der Waals surface area contributed by atoms with Crippen LogP contribution >= 0.6 is 11.6 Å². The molecule has 0 atom stereocenters. The van der Waals surface area contributed by atoms with Crippen LogP contribution in [0.25, 0.3) is 0 Å². The van der Waals surface area contributed by atoms with Gasteiger partial charge in [0.15, 0.2) is 0 Å². The van der Waals surface area contributed by atoms with Crippen molar-refractivity contribution in [2.45, 2.75) is 32.2 Å². The standard InChI is InChI=1S/C18H27ClN4O3/c1-3-8-20-17(24)12-23-9-6-14(7-10-23)21-18(25)22-15-11-13(19)4-5-16(15)26-2/h4-5,11,14H,3,6-10,12H2,1-2H3,(H,20,24)(H2,21,22,25).